The molecule has 0 aliphatic carbocycles. The molecule has 0 bridgehead atoms. The molecule has 0 fully saturated rings. The first-order valence-corrected chi connectivity index (χ1v) is 1.88. The summed E-state index contributed by atoms with van der Waals surface area (Å²) in [5.41, 5.74) is 0. The fourth-order valence-electron chi connectivity index (χ4n) is 0. The van der Waals surface area contributed by atoms with Gasteiger partial charge in [0.2, 0.25) is 0 Å². The van der Waals surface area contributed by atoms with E-state index in [9.17, 15) is 0 Å². The van der Waals surface area contributed by atoms with E-state index in [-0.39, 0.29) is 51.4 Å². The van der Waals surface area contributed by atoms with E-state index in [4.69, 9.17) is 0 Å². The minimum atomic E-state index is 0. The topological polar surface area (TPSA) is 0 Å². The Morgan fingerprint density at radius 2 is 1.20 bits per heavy atom. The second kappa shape index (κ2) is 9.42. The third-order valence-corrected chi connectivity index (χ3v) is 0.600. The Labute approximate surface area is 85.6 Å². The monoisotopic (exact) mass is 132 g/mol. The molecule has 26 valence electrons. The van der Waals surface area contributed by atoms with Crippen molar-refractivity contribution in [1.82, 2.24) is 0 Å². The summed E-state index contributed by atoms with van der Waals surface area (Å²) in [4.78, 5) is 0. The van der Waals surface area contributed by atoms with Crippen LogP contribution in [-0.2, 0) is 0 Å². The zero-order valence-electron chi connectivity index (χ0n) is 2.05. The molecule has 0 saturated carbocycles. The van der Waals surface area contributed by atoms with Gasteiger partial charge in [0.05, 0.1) is 0 Å². The Balaban J connectivity index is 0. The second-order valence-electron chi connectivity index (χ2n) is 0.298. The average molecular weight is 132 g/mol. The van der Waals surface area contributed by atoms with E-state index in [2.05, 4.69) is 25.3 Å². The van der Waals surface area contributed by atoms with E-state index >= 15 is 0 Å². The zero-order chi connectivity index (χ0) is 3.41. The second-order valence-corrected chi connectivity index (χ2v) is 0.894. The fourth-order valence-corrected chi connectivity index (χ4v) is 0. The van der Waals surface area contributed by atoms with Crippen LogP contribution < -0.4 is 0 Å². The van der Waals surface area contributed by atoms with Gasteiger partial charge in [-0.1, -0.05) is 0 Å². The van der Waals surface area contributed by atoms with Crippen LogP contribution in [-0.4, -0.2) is 51.4 Å². The quantitative estimate of drug-likeness (QED) is 0.351. The normalized spacial score (nSPS) is 7.60. The van der Waals surface area contributed by atoms with Crippen molar-refractivity contribution in [2.24, 2.45) is 0 Å². The van der Waals surface area contributed by atoms with Gasteiger partial charge in [-0.15, -0.1) is 0 Å². The van der Waals surface area contributed by atoms with E-state index in [1.165, 1.54) is 0 Å². The molecule has 0 nitrogen and oxygen atoms in total. The first kappa shape index (κ1) is 10.1. The summed E-state index contributed by atoms with van der Waals surface area (Å²) < 4.78 is 0. The molecule has 5 heavy (non-hydrogen) atoms. The van der Waals surface area contributed by atoms with Crippen LogP contribution in [0.5, 0.6) is 0 Å². The van der Waals surface area contributed by atoms with Crippen molar-refractivity contribution in [3.05, 3.63) is 10.8 Å². The number of thiol groups is 2. The first-order chi connectivity index (χ1) is 1.91. The molecule has 0 rings (SSSR count). The summed E-state index contributed by atoms with van der Waals surface area (Å²) in [7, 11) is 0. The molecule has 0 atom stereocenters. The van der Waals surface area contributed by atoms with Gasteiger partial charge in [-0.3, -0.25) is 0 Å². The van der Waals surface area contributed by atoms with Crippen LogP contribution in [0.15, 0.2) is 10.8 Å². The predicted octanol–water partition coefficient (Wildman–Crippen LogP) is 0.669. The van der Waals surface area contributed by atoms with Crippen molar-refractivity contribution in [3.63, 3.8) is 0 Å². The van der Waals surface area contributed by atoms with E-state index in [0.29, 0.717) is 0 Å². The van der Waals surface area contributed by atoms with Gasteiger partial charge in [0, 0.05) is 0 Å². The fraction of sp³-hybridized carbons (Fsp3) is 0. The summed E-state index contributed by atoms with van der Waals surface area (Å²) in [6.45, 7) is 0. The average Bonchev–Trinajstić information content (AvgIpc) is 1.37. The van der Waals surface area contributed by atoms with Crippen LogP contribution in [0.1, 0.15) is 0 Å². The third kappa shape index (κ3) is 10.7. The van der Waals surface area contributed by atoms with Crippen LogP contribution in [0.4, 0.5) is 0 Å². The first-order valence-electron chi connectivity index (χ1n) is 0.850. The molecular weight excluding hydrogens is 127 g/mol. The zero-order valence-corrected chi connectivity index (χ0v) is 3.84. The summed E-state index contributed by atoms with van der Waals surface area (Å²) in [6, 6.07) is 0. The van der Waals surface area contributed by atoms with Crippen LogP contribution in [0.3, 0.4) is 0 Å². The van der Waals surface area contributed by atoms with Gasteiger partial charge in [-0.05, 0) is 10.8 Å². The standard InChI is InChI=1S/C2H4S2.K.H/c3-1-2-4;;/h1-4H;;. The number of rotatable bonds is 0. The molecule has 0 aromatic carbocycles. The van der Waals surface area contributed by atoms with Crippen molar-refractivity contribution in [2.45, 2.75) is 0 Å². The van der Waals surface area contributed by atoms with Gasteiger partial charge in [-0.25, -0.2) is 0 Å². The van der Waals surface area contributed by atoms with Crippen LogP contribution >= 0.6 is 25.3 Å². The van der Waals surface area contributed by atoms with Crippen LogP contribution in [0, 0.1) is 0 Å². The van der Waals surface area contributed by atoms with E-state index in [1.807, 2.05) is 0 Å². The molecule has 0 unspecified atom stereocenters. The minimum absolute atomic E-state index is 0. The molecule has 3 heteroatoms. The summed E-state index contributed by atoms with van der Waals surface area (Å²) >= 11 is 7.33. The molecule has 0 N–H and O–H groups in total. The Kier molecular flexibility index (Phi) is 19.1. The molecule has 0 aliphatic heterocycles. The molecular formula is C2H5KS2. The molecule has 0 spiro atoms. The Hall–Kier alpha value is 2.08. The van der Waals surface area contributed by atoms with E-state index in [0.717, 1.165) is 0 Å². The number of hydrogen-bond donors (Lipinski definition) is 2. The third-order valence-electron chi connectivity index (χ3n) is 0.0667. The summed E-state index contributed by atoms with van der Waals surface area (Å²) in [5.74, 6) is 0. The molecule has 0 aromatic heterocycles. The predicted molar refractivity (Wildman–Crippen MR) is 34.3 cm³/mol. The molecule has 0 heterocycles. The van der Waals surface area contributed by atoms with E-state index < -0.39 is 0 Å². The molecule has 0 aromatic rings. The van der Waals surface area contributed by atoms with Gasteiger partial charge in [0.1, 0.15) is 0 Å². The maximum absolute atomic E-state index is 3.66. The van der Waals surface area contributed by atoms with Gasteiger partial charge < -0.3 is 0 Å². The Morgan fingerprint density at radius 3 is 1.20 bits per heavy atom. The molecule has 0 aliphatic rings. The van der Waals surface area contributed by atoms with Crippen molar-refractivity contribution >= 4 is 76.6 Å². The number of hydrogen-bond acceptors (Lipinski definition) is 2. The Bertz CT molecular complexity index is 22.8. The van der Waals surface area contributed by atoms with Gasteiger partial charge in [0.25, 0.3) is 0 Å². The molecule has 0 radical (unpaired) electrons. The van der Waals surface area contributed by atoms with Crippen molar-refractivity contribution in [3.8, 4) is 0 Å². The SMILES string of the molecule is SC=CS.[KH]. The van der Waals surface area contributed by atoms with Crippen molar-refractivity contribution in [1.29, 1.82) is 0 Å². The van der Waals surface area contributed by atoms with Gasteiger partial charge >= 0.3 is 51.4 Å². The van der Waals surface area contributed by atoms with E-state index in [1.54, 1.807) is 10.8 Å². The van der Waals surface area contributed by atoms with Gasteiger partial charge in [-0.2, -0.15) is 25.3 Å². The van der Waals surface area contributed by atoms with Crippen LogP contribution in [0.25, 0.3) is 0 Å². The van der Waals surface area contributed by atoms with Crippen molar-refractivity contribution in [2.75, 3.05) is 0 Å². The van der Waals surface area contributed by atoms with Crippen LogP contribution in [0.2, 0.25) is 0 Å². The molecule has 0 saturated heterocycles. The molecule has 0 amide bonds. The van der Waals surface area contributed by atoms with Crippen molar-refractivity contribution < 1.29 is 0 Å². The Morgan fingerprint density at radius 1 is 1.00 bits per heavy atom. The summed E-state index contributed by atoms with van der Waals surface area (Å²) in [5, 5.41) is 3.12. The summed E-state index contributed by atoms with van der Waals surface area (Å²) in [6.07, 6.45) is 0. The van der Waals surface area contributed by atoms with Gasteiger partial charge in [0.15, 0.2) is 0 Å². The maximum atomic E-state index is 3.66.